The van der Waals surface area contributed by atoms with Gasteiger partial charge in [-0.05, 0) is 24.5 Å². The van der Waals surface area contributed by atoms with Crippen LogP contribution in [0.3, 0.4) is 0 Å². The molecule has 1 aromatic heterocycles. The number of hydrogen-bond donors (Lipinski definition) is 1. The fourth-order valence-corrected chi connectivity index (χ4v) is 1.84. The molecule has 2 rings (SSSR count). The van der Waals surface area contributed by atoms with Gasteiger partial charge in [-0.1, -0.05) is 17.8 Å². The Bertz CT molecular complexity index is 653. The Kier molecular flexibility index (Phi) is 3.71. The monoisotopic (exact) mass is 302 g/mol. The number of carbonyl (C=O) groups excluding carboxylic acids is 1. The Labute approximate surface area is 116 Å². The number of aromatic nitrogens is 3. The quantitative estimate of drug-likeness (QED) is 0.862. The van der Waals surface area contributed by atoms with E-state index in [4.69, 9.17) is 5.73 Å². The van der Waals surface area contributed by atoms with Gasteiger partial charge in [0.2, 0.25) is 11.1 Å². The topological polar surface area (TPSA) is 73.8 Å². The molecule has 0 spiro atoms. The summed E-state index contributed by atoms with van der Waals surface area (Å²) >= 11 is 1.17. The first-order valence-electron chi connectivity index (χ1n) is 5.31. The van der Waals surface area contributed by atoms with Gasteiger partial charge in [0, 0.05) is 5.56 Å². The second-order valence-corrected chi connectivity index (χ2v) is 4.53. The van der Waals surface area contributed by atoms with Gasteiger partial charge in [0.15, 0.2) is 0 Å². The van der Waals surface area contributed by atoms with Gasteiger partial charge < -0.3 is 5.73 Å². The maximum Gasteiger partial charge on any atom is 0.416 e. The number of hydrogen-bond acceptors (Lipinski definition) is 5. The second kappa shape index (κ2) is 5.16. The van der Waals surface area contributed by atoms with Gasteiger partial charge >= 0.3 is 6.18 Å². The minimum Gasteiger partial charge on any atom is -0.368 e. The van der Waals surface area contributed by atoms with E-state index in [2.05, 4.69) is 10.1 Å². The summed E-state index contributed by atoms with van der Waals surface area (Å²) in [6, 6.07) is 4.05. The lowest BCUT2D eigenvalue weighted by Gasteiger charge is -2.08. The maximum absolute atomic E-state index is 12.6. The summed E-state index contributed by atoms with van der Waals surface area (Å²) in [7, 11) is 0. The predicted octanol–water partition coefficient (Wildman–Crippen LogP) is 2.29. The SMILES string of the molecule is CSc1nc(N)n(C(=O)c2cccc(C(F)(F)F)c2)n1. The lowest BCUT2D eigenvalue weighted by atomic mass is 10.1. The average molecular weight is 302 g/mol. The number of nitrogen functional groups attached to an aromatic ring is 1. The molecule has 0 unspecified atom stereocenters. The molecule has 2 N–H and O–H groups in total. The van der Waals surface area contributed by atoms with Crippen LogP contribution in [0.5, 0.6) is 0 Å². The molecule has 0 amide bonds. The molecule has 0 aliphatic heterocycles. The zero-order valence-electron chi connectivity index (χ0n) is 10.2. The third kappa shape index (κ3) is 2.77. The number of nitrogens with zero attached hydrogens (tertiary/aromatic N) is 3. The van der Waals surface area contributed by atoms with Crippen LogP contribution in [0.25, 0.3) is 0 Å². The molecule has 0 fully saturated rings. The van der Waals surface area contributed by atoms with Crippen LogP contribution in [0.2, 0.25) is 0 Å². The summed E-state index contributed by atoms with van der Waals surface area (Å²) in [4.78, 5) is 15.9. The van der Waals surface area contributed by atoms with E-state index >= 15 is 0 Å². The number of anilines is 1. The molecule has 0 aliphatic carbocycles. The molecule has 0 atom stereocenters. The normalized spacial score (nSPS) is 11.6. The number of nitrogens with two attached hydrogens (primary N) is 1. The fourth-order valence-electron chi connectivity index (χ4n) is 1.49. The Balaban J connectivity index is 2.41. The van der Waals surface area contributed by atoms with Crippen LogP contribution < -0.4 is 5.73 Å². The van der Waals surface area contributed by atoms with E-state index in [1.807, 2.05) is 0 Å². The Morgan fingerprint density at radius 3 is 2.65 bits per heavy atom. The molecule has 2 aromatic rings. The lowest BCUT2D eigenvalue weighted by Crippen LogP contribution is -2.17. The van der Waals surface area contributed by atoms with E-state index in [1.54, 1.807) is 6.26 Å². The number of carbonyl (C=O) groups is 1. The highest BCUT2D eigenvalue weighted by atomic mass is 32.2. The molecular formula is C11H9F3N4OS. The van der Waals surface area contributed by atoms with Crippen molar-refractivity contribution in [2.24, 2.45) is 0 Å². The minimum atomic E-state index is -4.52. The molecule has 0 saturated carbocycles. The van der Waals surface area contributed by atoms with Crippen LogP contribution in [0.15, 0.2) is 29.4 Å². The third-order valence-corrected chi connectivity index (χ3v) is 2.96. The van der Waals surface area contributed by atoms with Crippen LogP contribution in [0.4, 0.5) is 19.1 Å². The number of halogens is 3. The highest BCUT2D eigenvalue weighted by molar-refractivity contribution is 7.98. The van der Waals surface area contributed by atoms with Crippen LogP contribution in [-0.4, -0.2) is 26.9 Å². The van der Waals surface area contributed by atoms with Crippen LogP contribution in [0, 0.1) is 0 Å². The molecule has 1 heterocycles. The summed E-state index contributed by atoms with van der Waals surface area (Å²) in [6.45, 7) is 0. The maximum atomic E-state index is 12.6. The predicted molar refractivity (Wildman–Crippen MR) is 67.4 cm³/mol. The van der Waals surface area contributed by atoms with Crippen molar-refractivity contribution in [3.05, 3.63) is 35.4 Å². The van der Waals surface area contributed by atoms with Crippen molar-refractivity contribution in [2.75, 3.05) is 12.0 Å². The molecule has 20 heavy (non-hydrogen) atoms. The summed E-state index contributed by atoms with van der Waals surface area (Å²) < 4.78 is 38.6. The molecule has 0 radical (unpaired) electrons. The van der Waals surface area contributed by atoms with Crippen molar-refractivity contribution < 1.29 is 18.0 Å². The van der Waals surface area contributed by atoms with Gasteiger partial charge in [-0.25, -0.2) is 0 Å². The molecule has 0 aliphatic rings. The highest BCUT2D eigenvalue weighted by Crippen LogP contribution is 2.29. The molecule has 0 bridgehead atoms. The molecular weight excluding hydrogens is 293 g/mol. The van der Waals surface area contributed by atoms with E-state index in [1.165, 1.54) is 17.8 Å². The van der Waals surface area contributed by atoms with Crippen LogP contribution in [-0.2, 0) is 6.18 Å². The van der Waals surface area contributed by atoms with E-state index in [0.717, 1.165) is 22.9 Å². The minimum absolute atomic E-state index is 0.163. The van der Waals surface area contributed by atoms with Crippen LogP contribution >= 0.6 is 11.8 Å². The van der Waals surface area contributed by atoms with Gasteiger partial charge in [0.25, 0.3) is 5.91 Å². The average Bonchev–Trinajstić information content (AvgIpc) is 2.78. The molecule has 9 heteroatoms. The second-order valence-electron chi connectivity index (χ2n) is 3.75. The first-order chi connectivity index (χ1) is 9.32. The zero-order valence-corrected chi connectivity index (χ0v) is 11.0. The highest BCUT2D eigenvalue weighted by Gasteiger charge is 2.31. The molecule has 106 valence electrons. The Morgan fingerprint density at radius 2 is 2.10 bits per heavy atom. The largest absolute Gasteiger partial charge is 0.416 e. The van der Waals surface area contributed by atoms with E-state index in [9.17, 15) is 18.0 Å². The van der Waals surface area contributed by atoms with Crippen molar-refractivity contribution in [3.63, 3.8) is 0 Å². The fraction of sp³-hybridized carbons (Fsp3) is 0.182. The number of alkyl halides is 3. The van der Waals surface area contributed by atoms with E-state index < -0.39 is 17.6 Å². The van der Waals surface area contributed by atoms with Gasteiger partial charge in [-0.3, -0.25) is 4.79 Å². The summed E-state index contributed by atoms with van der Waals surface area (Å²) in [5, 5.41) is 4.08. The van der Waals surface area contributed by atoms with Gasteiger partial charge in [-0.2, -0.15) is 22.8 Å². The van der Waals surface area contributed by atoms with Crippen molar-refractivity contribution in [2.45, 2.75) is 11.3 Å². The molecule has 5 nitrogen and oxygen atoms in total. The van der Waals surface area contributed by atoms with E-state index in [-0.39, 0.29) is 16.7 Å². The number of thioether (sulfide) groups is 1. The van der Waals surface area contributed by atoms with Crippen LogP contribution in [0.1, 0.15) is 15.9 Å². The van der Waals surface area contributed by atoms with Gasteiger partial charge in [0.1, 0.15) is 0 Å². The zero-order chi connectivity index (χ0) is 14.9. The van der Waals surface area contributed by atoms with Crippen molar-refractivity contribution in [3.8, 4) is 0 Å². The first-order valence-corrected chi connectivity index (χ1v) is 6.54. The van der Waals surface area contributed by atoms with E-state index in [0.29, 0.717) is 0 Å². The standard InChI is InChI=1S/C11H9F3N4OS/c1-20-10-16-9(15)18(17-10)8(19)6-3-2-4-7(5-6)11(12,13)14/h2-5H,1H3,(H2,15,16,17). The third-order valence-electron chi connectivity index (χ3n) is 2.42. The molecule has 1 aromatic carbocycles. The summed E-state index contributed by atoms with van der Waals surface area (Å²) in [5.41, 5.74) is 4.44. The number of rotatable bonds is 2. The van der Waals surface area contributed by atoms with Crippen molar-refractivity contribution >= 4 is 23.6 Å². The molecule has 0 saturated heterocycles. The summed E-state index contributed by atoms with van der Waals surface area (Å²) in [5.74, 6) is -0.932. The number of benzene rings is 1. The van der Waals surface area contributed by atoms with Gasteiger partial charge in [-0.15, -0.1) is 5.10 Å². The first kappa shape index (κ1) is 14.4. The van der Waals surface area contributed by atoms with Crippen molar-refractivity contribution in [1.29, 1.82) is 0 Å². The van der Waals surface area contributed by atoms with Gasteiger partial charge in [0.05, 0.1) is 5.56 Å². The Hall–Kier alpha value is -2.03. The smallest absolute Gasteiger partial charge is 0.368 e. The lowest BCUT2D eigenvalue weighted by molar-refractivity contribution is -0.137. The summed E-state index contributed by atoms with van der Waals surface area (Å²) in [6.07, 6.45) is -2.83. The van der Waals surface area contributed by atoms with Crippen molar-refractivity contribution in [1.82, 2.24) is 14.8 Å². The Morgan fingerprint density at radius 1 is 1.40 bits per heavy atom.